The van der Waals surface area contributed by atoms with Crippen molar-refractivity contribution in [2.45, 2.75) is 6.92 Å². The number of aryl methyl sites for hydroxylation is 1. The number of anilines is 2. The molecule has 0 saturated carbocycles. The van der Waals surface area contributed by atoms with Crippen molar-refractivity contribution in [3.63, 3.8) is 0 Å². The van der Waals surface area contributed by atoms with Gasteiger partial charge in [0.15, 0.2) is 17.3 Å². The number of nitrogens with one attached hydrogen (secondary N) is 2. The Labute approximate surface area is 182 Å². The van der Waals surface area contributed by atoms with Crippen molar-refractivity contribution < 1.29 is 27.9 Å². The maximum atomic E-state index is 14.6. The van der Waals surface area contributed by atoms with Crippen LogP contribution >= 0.6 is 0 Å². The molecule has 0 saturated heterocycles. The van der Waals surface area contributed by atoms with Gasteiger partial charge in [0.2, 0.25) is 0 Å². The molecule has 2 N–H and O–H groups in total. The standard InChI is InChI=1S/C22H19FN4O5/c1-12-8-21(27-32-12)26-22(28)25-16-5-4-13(9-15(16)23)31-18-6-7-24-17-11-20(30-3)19(29-2)10-14(17)18/h4-11H,1-3H3,(H2,25,26,27,28). The Morgan fingerprint density at radius 2 is 1.78 bits per heavy atom. The average molecular weight is 438 g/mol. The molecule has 2 aromatic carbocycles. The number of ether oxygens (including phenoxy) is 3. The lowest BCUT2D eigenvalue weighted by Crippen LogP contribution is -2.20. The smallest absolute Gasteiger partial charge is 0.325 e. The largest absolute Gasteiger partial charge is 0.493 e. The van der Waals surface area contributed by atoms with E-state index >= 15 is 0 Å². The van der Waals surface area contributed by atoms with Gasteiger partial charge in [-0.25, -0.2) is 9.18 Å². The maximum Gasteiger partial charge on any atom is 0.325 e. The summed E-state index contributed by atoms with van der Waals surface area (Å²) in [5.74, 6) is 1.82. The Morgan fingerprint density at radius 1 is 1.00 bits per heavy atom. The number of methoxy groups -OCH3 is 2. The van der Waals surface area contributed by atoms with Crippen molar-refractivity contribution in [2.75, 3.05) is 24.9 Å². The second-order valence-electron chi connectivity index (χ2n) is 6.68. The van der Waals surface area contributed by atoms with Gasteiger partial charge in [0.05, 0.1) is 25.4 Å². The van der Waals surface area contributed by atoms with Crippen molar-refractivity contribution in [2.24, 2.45) is 0 Å². The number of urea groups is 1. The third kappa shape index (κ3) is 4.38. The molecule has 4 aromatic rings. The van der Waals surface area contributed by atoms with E-state index in [9.17, 15) is 9.18 Å². The maximum absolute atomic E-state index is 14.6. The normalized spacial score (nSPS) is 10.6. The third-order valence-corrected chi connectivity index (χ3v) is 4.49. The highest BCUT2D eigenvalue weighted by Gasteiger charge is 2.14. The summed E-state index contributed by atoms with van der Waals surface area (Å²) in [5.41, 5.74) is 0.597. The van der Waals surface area contributed by atoms with E-state index in [0.29, 0.717) is 33.9 Å². The van der Waals surface area contributed by atoms with Crippen molar-refractivity contribution >= 4 is 28.4 Å². The molecular formula is C22H19FN4O5. The molecule has 0 spiro atoms. The molecule has 0 aliphatic rings. The van der Waals surface area contributed by atoms with E-state index in [-0.39, 0.29) is 17.3 Å². The van der Waals surface area contributed by atoms with Gasteiger partial charge in [-0.15, -0.1) is 0 Å². The summed E-state index contributed by atoms with van der Waals surface area (Å²) in [4.78, 5) is 16.4. The first-order valence-electron chi connectivity index (χ1n) is 9.46. The minimum Gasteiger partial charge on any atom is -0.493 e. The van der Waals surface area contributed by atoms with Crippen LogP contribution in [-0.4, -0.2) is 30.4 Å². The second-order valence-corrected chi connectivity index (χ2v) is 6.68. The molecule has 10 heteroatoms. The summed E-state index contributed by atoms with van der Waals surface area (Å²) in [6, 6.07) is 10.1. The van der Waals surface area contributed by atoms with Gasteiger partial charge in [-0.2, -0.15) is 0 Å². The zero-order valence-corrected chi connectivity index (χ0v) is 17.4. The molecule has 0 unspecified atom stereocenters. The van der Waals surface area contributed by atoms with Gasteiger partial charge in [-0.05, 0) is 31.2 Å². The Morgan fingerprint density at radius 3 is 2.47 bits per heavy atom. The minimum absolute atomic E-state index is 0.0268. The first-order valence-corrected chi connectivity index (χ1v) is 9.46. The highest BCUT2D eigenvalue weighted by molar-refractivity contribution is 5.99. The Kier molecular flexibility index (Phi) is 5.75. The zero-order chi connectivity index (χ0) is 22.7. The SMILES string of the molecule is COc1cc2nccc(Oc3ccc(NC(=O)Nc4cc(C)on4)c(F)c3)c2cc1OC. The summed E-state index contributed by atoms with van der Waals surface area (Å²) in [6.45, 7) is 1.69. The van der Waals surface area contributed by atoms with Gasteiger partial charge in [0.25, 0.3) is 0 Å². The summed E-state index contributed by atoms with van der Waals surface area (Å²) >= 11 is 0. The van der Waals surface area contributed by atoms with Crippen LogP contribution < -0.4 is 24.8 Å². The predicted molar refractivity (Wildman–Crippen MR) is 115 cm³/mol. The molecular weight excluding hydrogens is 419 g/mol. The number of benzene rings is 2. The van der Waals surface area contributed by atoms with Gasteiger partial charge < -0.3 is 24.1 Å². The predicted octanol–water partition coefficient (Wildman–Crippen LogP) is 5.12. The fourth-order valence-corrected chi connectivity index (χ4v) is 3.02. The van der Waals surface area contributed by atoms with Crippen LogP contribution in [-0.2, 0) is 0 Å². The fraction of sp³-hybridized carbons (Fsp3) is 0.136. The Hall–Kier alpha value is -4.34. The molecule has 2 amide bonds. The number of rotatable bonds is 6. The van der Waals surface area contributed by atoms with E-state index in [1.807, 2.05) is 0 Å². The van der Waals surface area contributed by atoms with E-state index in [2.05, 4.69) is 20.8 Å². The monoisotopic (exact) mass is 438 g/mol. The topological polar surface area (TPSA) is 108 Å². The van der Waals surface area contributed by atoms with Crippen molar-refractivity contribution in [1.82, 2.24) is 10.1 Å². The van der Waals surface area contributed by atoms with E-state index in [0.717, 1.165) is 0 Å². The number of fused-ring (bicyclic) bond motifs is 1. The van der Waals surface area contributed by atoms with Gasteiger partial charge >= 0.3 is 6.03 Å². The van der Waals surface area contributed by atoms with Crippen LogP contribution in [0.25, 0.3) is 10.9 Å². The van der Waals surface area contributed by atoms with Crippen LogP contribution in [0.15, 0.2) is 53.2 Å². The molecule has 0 bridgehead atoms. The second kappa shape index (κ2) is 8.80. The quantitative estimate of drug-likeness (QED) is 0.430. The molecule has 2 aromatic heterocycles. The van der Waals surface area contributed by atoms with E-state index < -0.39 is 11.8 Å². The molecule has 0 radical (unpaired) electrons. The Balaban J connectivity index is 1.53. The number of pyridine rings is 1. The van der Waals surface area contributed by atoms with E-state index in [1.165, 1.54) is 38.5 Å². The van der Waals surface area contributed by atoms with Gasteiger partial charge in [0, 0.05) is 29.8 Å². The molecule has 164 valence electrons. The zero-order valence-electron chi connectivity index (χ0n) is 17.4. The number of amides is 2. The number of hydrogen-bond donors (Lipinski definition) is 2. The third-order valence-electron chi connectivity index (χ3n) is 4.49. The lowest BCUT2D eigenvalue weighted by Gasteiger charge is -2.13. The summed E-state index contributed by atoms with van der Waals surface area (Å²) < 4.78 is 36.0. The van der Waals surface area contributed by atoms with Crippen LogP contribution in [0.2, 0.25) is 0 Å². The van der Waals surface area contributed by atoms with Crippen LogP contribution in [0.1, 0.15) is 5.76 Å². The molecule has 0 aliphatic carbocycles. The summed E-state index contributed by atoms with van der Waals surface area (Å²) in [7, 11) is 3.07. The van der Waals surface area contributed by atoms with Gasteiger partial charge in [-0.1, -0.05) is 5.16 Å². The average Bonchev–Trinajstić information content (AvgIpc) is 3.19. The Bertz CT molecular complexity index is 1290. The molecule has 2 heterocycles. The molecule has 32 heavy (non-hydrogen) atoms. The summed E-state index contributed by atoms with van der Waals surface area (Å²) in [5, 5.41) is 9.17. The van der Waals surface area contributed by atoms with Crippen LogP contribution in [0.5, 0.6) is 23.0 Å². The molecule has 4 rings (SSSR count). The van der Waals surface area contributed by atoms with Gasteiger partial charge in [0.1, 0.15) is 23.1 Å². The number of halogens is 1. The summed E-state index contributed by atoms with van der Waals surface area (Å²) in [6.07, 6.45) is 1.58. The minimum atomic E-state index is -0.674. The highest BCUT2D eigenvalue weighted by Crippen LogP contribution is 2.37. The van der Waals surface area contributed by atoms with Crippen molar-refractivity contribution in [1.29, 1.82) is 0 Å². The number of aromatic nitrogens is 2. The molecule has 9 nitrogen and oxygen atoms in total. The number of hydrogen-bond acceptors (Lipinski definition) is 7. The molecule has 0 atom stereocenters. The lowest BCUT2D eigenvalue weighted by molar-refractivity contribution is 0.261. The first kappa shape index (κ1) is 20.9. The number of nitrogens with zero attached hydrogens (tertiary/aromatic N) is 2. The first-order chi connectivity index (χ1) is 15.5. The number of carbonyl (C=O) groups is 1. The van der Waals surface area contributed by atoms with E-state index in [1.54, 1.807) is 31.3 Å². The van der Waals surface area contributed by atoms with Crippen molar-refractivity contribution in [3.05, 3.63) is 60.2 Å². The van der Waals surface area contributed by atoms with Crippen LogP contribution in [0, 0.1) is 12.7 Å². The van der Waals surface area contributed by atoms with Crippen LogP contribution in [0.3, 0.4) is 0 Å². The number of carbonyl (C=O) groups excluding carboxylic acids is 1. The van der Waals surface area contributed by atoms with Crippen molar-refractivity contribution in [3.8, 4) is 23.0 Å². The van der Waals surface area contributed by atoms with Gasteiger partial charge in [-0.3, -0.25) is 10.3 Å². The fourth-order valence-electron chi connectivity index (χ4n) is 3.02. The molecule has 0 fully saturated rings. The van der Waals surface area contributed by atoms with E-state index in [4.69, 9.17) is 18.7 Å². The molecule has 0 aliphatic heterocycles. The lowest BCUT2D eigenvalue weighted by atomic mass is 10.2. The van der Waals surface area contributed by atoms with Crippen LogP contribution in [0.4, 0.5) is 20.7 Å². The highest BCUT2D eigenvalue weighted by atomic mass is 19.1.